The Morgan fingerprint density at radius 2 is 1.86 bits per heavy atom. The molecule has 5 rings (SSSR count). The quantitative estimate of drug-likeness (QED) is 0.231. The normalized spacial score (nSPS) is 19.5. The molecule has 1 aliphatic heterocycles. The Balaban J connectivity index is 1.29. The van der Waals surface area contributed by atoms with E-state index in [1.54, 1.807) is 4.90 Å². The maximum absolute atomic E-state index is 14.9. The summed E-state index contributed by atoms with van der Waals surface area (Å²) in [6.07, 6.45) is -1.13. The average Bonchev–Trinajstić information content (AvgIpc) is 3.67. The summed E-state index contributed by atoms with van der Waals surface area (Å²) in [7, 11) is -3.58. The fourth-order valence-corrected chi connectivity index (χ4v) is 6.48. The van der Waals surface area contributed by atoms with Crippen molar-refractivity contribution in [2.75, 3.05) is 30.3 Å². The van der Waals surface area contributed by atoms with E-state index in [2.05, 4.69) is 4.98 Å². The van der Waals surface area contributed by atoms with Gasteiger partial charge in [0.2, 0.25) is 0 Å². The summed E-state index contributed by atoms with van der Waals surface area (Å²) in [5, 5.41) is -0.555. The Hall–Kier alpha value is -2.40. The number of nitrogens with zero attached hydrogens (tertiary/aromatic N) is 2. The molecule has 2 aliphatic carbocycles. The second kappa shape index (κ2) is 9.11. The summed E-state index contributed by atoms with van der Waals surface area (Å²) in [5.41, 5.74) is -1.05. The van der Waals surface area contributed by atoms with Gasteiger partial charge in [-0.2, -0.15) is 13.2 Å². The van der Waals surface area contributed by atoms with E-state index < -0.39 is 49.6 Å². The molecule has 200 valence electrons. The van der Waals surface area contributed by atoms with Gasteiger partial charge < -0.3 is 9.64 Å². The van der Waals surface area contributed by atoms with Crippen molar-refractivity contribution in [3.8, 4) is 5.75 Å². The van der Waals surface area contributed by atoms with Crippen LogP contribution in [-0.2, 0) is 16.0 Å². The average molecular weight is 561 g/mol. The highest BCUT2D eigenvalue weighted by molar-refractivity contribution is 7.93. The largest absolute Gasteiger partial charge is 0.492 e. The number of hydrogen-bond donors (Lipinski definition) is 0. The van der Waals surface area contributed by atoms with E-state index in [1.165, 1.54) is 12.1 Å². The molecule has 1 aromatic carbocycles. The number of carbonyl (C=O) groups excluding carboxylic acids is 1. The van der Waals surface area contributed by atoms with E-state index in [0.717, 1.165) is 18.9 Å². The number of ether oxygens (including phenoxy) is 1. The molecule has 0 unspecified atom stereocenters. The van der Waals surface area contributed by atoms with E-state index in [0.29, 0.717) is 24.6 Å². The van der Waals surface area contributed by atoms with E-state index in [4.69, 9.17) is 16.3 Å². The number of rotatable bonds is 9. The summed E-state index contributed by atoms with van der Waals surface area (Å²) in [4.78, 5) is 17.7. The Labute approximate surface area is 216 Å². The molecule has 37 heavy (non-hydrogen) atoms. The molecule has 1 saturated heterocycles. The number of Topliss-reactive ketones (excluding diaryl/α,β-unsaturated/α-hetero) is 1. The Bertz CT molecular complexity index is 1350. The molecule has 0 atom stereocenters. The minimum absolute atomic E-state index is 0.0445. The number of alkyl halides is 3. The third-order valence-corrected chi connectivity index (χ3v) is 9.36. The molecule has 0 bridgehead atoms. The van der Waals surface area contributed by atoms with Gasteiger partial charge in [-0.15, -0.1) is 0 Å². The maximum atomic E-state index is 14.9. The number of ketones is 1. The van der Waals surface area contributed by atoms with Crippen LogP contribution in [0.25, 0.3) is 0 Å². The third kappa shape index (κ3) is 5.57. The Morgan fingerprint density at radius 3 is 2.46 bits per heavy atom. The molecule has 1 aromatic heterocycles. The number of carbonyl (C=O) groups is 1. The number of aromatic nitrogens is 1. The second-order valence-corrected chi connectivity index (χ2v) is 13.2. The van der Waals surface area contributed by atoms with E-state index in [9.17, 15) is 30.8 Å². The minimum Gasteiger partial charge on any atom is -0.492 e. The predicted octanol–water partition coefficient (Wildman–Crippen LogP) is 5.44. The Kier molecular flexibility index (Phi) is 6.46. The standard InChI is InChI=1S/C25H25ClF4N2O4S/c1-24(11-32(12-24)20-8-23(26)31-9-18(20)25(28,29)30)13-36-22-7-19(27)17(6-16(22)14-2-3-14)21(33)10-37(34,35)15-4-5-15/h6-9,14-15H,2-5,10-13H2,1H3. The van der Waals surface area contributed by atoms with Gasteiger partial charge in [0.05, 0.1) is 28.7 Å². The van der Waals surface area contributed by atoms with Crippen molar-refractivity contribution >= 4 is 32.9 Å². The van der Waals surface area contributed by atoms with Gasteiger partial charge in [-0.25, -0.2) is 17.8 Å². The van der Waals surface area contributed by atoms with Gasteiger partial charge in [0.15, 0.2) is 15.6 Å². The molecule has 2 heterocycles. The monoisotopic (exact) mass is 560 g/mol. The molecule has 0 amide bonds. The highest BCUT2D eigenvalue weighted by Crippen LogP contribution is 2.47. The number of hydrogen-bond acceptors (Lipinski definition) is 6. The van der Waals surface area contributed by atoms with Gasteiger partial charge in [-0.1, -0.05) is 18.5 Å². The second-order valence-electron chi connectivity index (χ2n) is 10.6. The molecule has 0 N–H and O–H groups in total. The topological polar surface area (TPSA) is 76.6 Å². The van der Waals surface area contributed by atoms with Gasteiger partial charge in [-0.3, -0.25) is 4.79 Å². The van der Waals surface area contributed by atoms with E-state index >= 15 is 0 Å². The number of anilines is 1. The van der Waals surface area contributed by atoms with Crippen molar-refractivity contribution in [2.24, 2.45) is 5.41 Å². The summed E-state index contributed by atoms with van der Waals surface area (Å²) in [6.45, 7) is 2.49. The predicted molar refractivity (Wildman–Crippen MR) is 130 cm³/mol. The molecule has 3 aliphatic rings. The zero-order valence-corrected chi connectivity index (χ0v) is 21.5. The lowest BCUT2D eigenvalue weighted by molar-refractivity contribution is -0.137. The number of halogens is 5. The van der Waals surface area contributed by atoms with Crippen LogP contribution in [0.1, 0.15) is 60.0 Å². The van der Waals surface area contributed by atoms with Crippen LogP contribution in [0.2, 0.25) is 5.15 Å². The SMILES string of the molecule is CC1(COc2cc(F)c(C(=O)CS(=O)(=O)C3CC3)cc2C2CC2)CN(c2cc(Cl)ncc2C(F)(F)F)C1. The molecule has 2 saturated carbocycles. The maximum Gasteiger partial charge on any atom is 0.419 e. The summed E-state index contributed by atoms with van der Waals surface area (Å²) >= 11 is 5.84. The first-order valence-corrected chi connectivity index (χ1v) is 14.0. The van der Waals surface area contributed by atoms with Crippen molar-refractivity contribution in [1.82, 2.24) is 4.98 Å². The van der Waals surface area contributed by atoms with Crippen LogP contribution in [0, 0.1) is 11.2 Å². The van der Waals surface area contributed by atoms with Crippen LogP contribution in [-0.4, -0.2) is 49.9 Å². The first kappa shape index (κ1) is 26.2. The van der Waals surface area contributed by atoms with Crippen LogP contribution in [0.4, 0.5) is 23.2 Å². The zero-order valence-electron chi connectivity index (χ0n) is 19.9. The van der Waals surface area contributed by atoms with Crippen molar-refractivity contribution < 1.29 is 35.5 Å². The van der Waals surface area contributed by atoms with Gasteiger partial charge >= 0.3 is 6.18 Å². The molecular formula is C25H25ClF4N2O4S. The van der Waals surface area contributed by atoms with Crippen LogP contribution in [0.15, 0.2) is 24.4 Å². The summed E-state index contributed by atoms with van der Waals surface area (Å²) in [5.74, 6) is -1.98. The van der Waals surface area contributed by atoms with E-state index in [1.807, 2.05) is 6.92 Å². The minimum atomic E-state index is -4.58. The highest BCUT2D eigenvalue weighted by atomic mass is 35.5. The highest BCUT2D eigenvalue weighted by Gasteiger charge is 2.44. The van der Waals surface area contributed by atoms with Crippen LogP contribution in [0.3, 0.4) is 0 Å². The number of benzene rings is 1. The summed E-state index contributed by atoms with van der Waals surface area (Å²) in [6, 6.07) is 3.70. The van der Waals surface area contributed by atoms with Crippen molar-refractivity contribution in [1.29, 1.82) is 0 Å². The third-order valence-electron chi connectivity index (χ3n) is 7.00. The van der Waals surface area contributed by atoms with E-state index in [-0.39, 0.29) is 47.8 Å². The smallest absolute Gasteiger partial charge is 0.419 e. The first-order chi connectivity index (χ1) is 17.3. The van der Waals surface area contributed by atoms with Gasteiger partial charge in [-0.05, 0) is 49.3 Å². The molecule has 3 fully saturated rings. The molecule has 2 aromatic rings. The lowest BCUT2D eigenvalue weighted by Gasteiger charge is -2.49. The molecule has 0 radical (unpaired) electrons. The number of sulfone groups is 1. The molecular weight excluding hydrogens is 536 g/mol. The summed E-state index contributed by atoms with van der Waals surface area (Å²) < 4.78 is 85.6. The lowest BCUT2D eigenvalue weighted by atomic mass is 9.82. The van der Waals surface area contributed by atoms with Crippen molar-refractivity contribution in [3.63, 3.8) is 0 Å². The zero-order chi connectivity index (χ0) is 26.8. The molecule has 0 spiro atoms. The van der Waals surface area contributed by atoms with Gasteiger partial charge in [0.1, 0.15) is 22.5 Å². The van der Waals surface area contributed by atoms with Gasteiger partial charge in [0, 0.05) is 30.8 Å². The fraction of sp³-hybridized carbons (Fsp3) is 0.520. The van der Waals surface area contributed by atoms with Crippen LogP contribution >= 0.6 is 11.6 Å². The lowest BCUT2D eigenvalue weighted by Crippen LogP contribution is -2.58. The Morgan fingerprint density at radius 1 is 1.19 bits per heavy atom. The van der Waals surface area contributed by atoms with Gasteiger partial charge in [0.25, 0.3) is 0 Å². The fourth-order valence-electron chi connectivity index (χ4n) is 4.72. The van der Waals surface area contributed by atoms with Crippen LogP contribution in [0.5, 0.6) is 5.75 Å². The van der Waals surface area contributed by atoms with Crippen molar-refractivity contribution in [2.45, 2.75) is 50.0 Å². The number of pyridine rings is 1. The van der Waals surface area contributed by atoms with Crippen LogP contribution < -0.4 is 9.64 Å². The molecule has 12 heteroatoms. The van der Waals surface area contributed by atoms with Crippen molar-refractivity contribution in [3.05, 3.63) is 52.1 Å². The molecule has 6 nitrogen and oxygen atoms in total. The first-order valence-electron chi connectivity index (χ1n) is 11.9.